The Kier molecular flexibility index (Phi) is 5.41. The van der Waals surface area contributed by atoms with Crippen molar-refractivity contribution in [1.82, 2.24) is 19.5 Å². The van der Waals surface area contributed by atoms with E-state index in [9.17, 15) is 0 Å². The number of aromatic nitrogens is 4. The molecule has 3 aromatic heterocycles. The zero-order valence-electron chi connectivity index (χ0n) is 23.6. The number of hydrogen-bond donors (Lipinski definition) is 0. The Balaban J connectivity index is 1.74. The summed E-state index contributed by atoms with van der Waals surface area (Å²) in [7, 11) is 0. The van der Waals surface area contributed by atoms with Crippen LogP contribution >= 0.6 is 11.6 Å². The van der Waals surface area contributed by atoms with Crippen molar-refractivity contribution in [2.75, 3.05) is 0 Å². The largest absolute Gasteiger partial charge is 0.309 e. The van der Waals surface area contributed by atoms with E-state index < -0.39 is 0 Å². The van der Waals surface area contributed by atoms with Crippen molar-refractivity contribution in [2.24, 2.45) is 0 Å². The SMILES string of the molecule is CC(C)(C)c1ccc2c(c1)c1cc3cc(c4ccccc4c4nc(Cl)nc(n4)c4ccccc34)c1n2-c1ccccc1. The molecule has 0 N–H and O–H groups in total. The van der Waals surface area contributed by atoms with Gasteiger partial charge in [0.2, 0.25) is 5.28 Å². The van der Waals surface area contributed by atoms with Crippen LogP contribution < -0.4 is 0 Å². The lowest BCUT2D eigenvalue weighted by Gasteiger charge is -2.19. The molecule has 5 heteroatoms. The molecule has 0 radical (unpaired) electrons. The smallest absolute Gasteiger partial charge is 0.226 e. The van der Waals surface area contributed by atoms with Crippen LogP contribution in [0.1, 0.15) is 26.3 Å². The summed E-state index contributed by atoms with van der Waals surface area (Å²) in [6.07, 6.45) is 0. The molecule has 0 aliphatic rings. The van der Waals surface area contributed by atoms with Gasteiger partial charge in [0.1, 0.15) is 0 Å². The van der Waals surface area contributed by atoms with E-state index in [0.717, 1.165) is 43.5 Å². The first-order valence-corrected chi connectivity index (χ1v) is 14.5. The molecule has 4 nitrogen and oxygen atoms in total. The Morgan fingerprint density at radius 3 is 1.79 bits per heavy atom. The van der Waals surface area contributed by atoms with Crippen LogP contribution in [0.4, 0.5) is 0 Å². The number of benzene rings is 5. The van der Waals surface area contributed by atoms with Crippen molar-refractivity contribution in [3.63, 3.8) is 0 Å². The number of nitrogens with zero attached hydrogens (tertiary/aromatic N) is 4. The van der Waals surface area contributed by atoms with E-state index in [1.807, 2.05) is 12.1 Å². The van der Waals surface area contributed by atoms with Crippen LogP contribution in [-0.2, 0) is 5.41 Å². The summed E-state index contributed by atoms with van der Waals surface area (Å²) in [5.41, 5.74) is 5.89. The molecule has 0 aliphatic carbocycles. The molecular formula is C37H27ClN4. The van der Waals surface area contributed by atoms with E-state index in [0.29, 0.717) is 11.3 Å². The molecule has 3 heterocycles. The first-order chi connectivity index (χ1) is 20.4. The fourth-order valence-electron chi connectivity index (χ4n) is 6.25. The first-order valence-electron chi connectivity index (χ1n) is 14.2. The summed E-state index contributed by atoms with van der Waals surface area (Å²) in [5.74, 6) is 0. The molecule has 0 amide bonds. The third kappa shape index (κ3) is 3.79. The molecule has 0 unspecified atom stereocenters. The molecule has 0 saturated carbocycles. The number of para-hydroxylation sites is 1. The fraction of sp³-hybridized carbons (Fsp3) is 0.108. The first kappa shape index (κ1) is 25.0. The zero-order chi connectivity index (χ0) is 28.6. The highest BCUT2D eigenvalue weighted by Gasteiger charge is 2.20. The second kappa shape index (κ2) is 9.10. The summed E-state index contributed by atoms with van der Waals surface area (Å²) in [5, 5.41) is 8.79. The lowest BCUT2D eigenvalue weighted by Crippen LogP contribution is -2.10. The molecule has 0 saturated heterocycles. The summed E-state index contributed by atoms with van der Waals surface area (Å²) in [6, 6.07) is 38.8. The molecule has 8 aromatic rings. The van der Waals surface area contributed by atoms with Crippen molar-refractivity contribution in [2.45, 2.75) is 26.2 Å². The van der Waals surface area contributed by atoms with Gasteiger partial charge in [-0.1, -0.05) is 93.6 Å². The maximum atomic E-state index is 6.53. The standard InChI is InChI=1S/C37H27ClN4/c1-37(2,3)23-17-18-32-29(21-23)31-20-22-19-30(33(31)42(32)24-11-5-4-6-12-24)26-14-8-10-16-28(26)35-39-34(40-36(38)41-35)27-15-9-7-13-25(22)27/h4-21H,1-3H3. The van der Waals surface area contributed by atoms with Crippen molar-refractivity contribution in [3.05, 3.63) is 120 Å². The van der Waals surface area contributed by atoms with Gasteiger partial charge in [-0.05, 0) is 75.1 Å². The maximum Gasteiger partial charge on any atom is 0.226 e. The van der Waals surface area contributed by atoms with Crippen LogP contribution in [0.15, 0.2) is 109 Å². The molecular weight excluding hydrogens is 536 g/mol. The third-order valence-corrected chi connectivity index (χ3v) is 8.46. The fourth-order valence-corrected chi connectivity index (χ4v) is 6.41. The van der Waals surface area contributed by atoms with E-state index in [4.69, 9.17) is 16.6 Å². The summed E-state index contributed by atoms with van der Waals surface area (Å²) in [4.78, 5) is 14.1. The van der Waals surface area contributed by atoms with Crippen LogP contribution in [0.2, 0.25) is 5.28 Å². The highest BCUT2D eigenvalue weighted by Crippen LogP contribution is 2.41. The number of halogens is 1. The minimum absolute atomic E-state index is 0.0147. The van der Waals surface area contributed by atoms with E-state index in [2.05, 4.69) is 132 Å². The van der Waals surface area contributed by atoms with Gasteiger partial charge >= 0.3 is 0 Å². The lowest BCUT2D eigenvalue weighted by atomic mass is 9.86. The molecule has 202 valence electrons. The van der Waals surface area contributed by atoms with Crippen molar-refractivity contribution in [3.8, 4) is 5.69 Å². The Morgan fingerprint density at radius 2 is 1.12 bits per heavy atom. The maximum absolute atomic E-state index is 6.53. The zero-order valence-corrected chi connectivity index (χ0v) is 24.3. The minimum atomic E-state index is 0.0147. The number of hydrogen-bond acceptors (Lipinski definition) is 3. The number of fused-ring (bicyclic) bond motifs is 14. The Labute approximate surface area is 247 Å². The molecule has 42 heavy (non-hydrogen) atoms. The van der Waals surface area contributed by atoms with E-state index in [1.165, 1.54) is 21.9 Å². The summed E-state index contributed by atoms with van der Waals surface area (Å²) < 4.78 is 2.40. The molecule has 0 fully saturated rings. The highest BCUT2D eigenvalue weighted by molar-refractivity contribution is 6.29. The quantitative estimate of drug-likeness (QED) is 0.200. The predicted octanol–water partition coefficient (Wildman–Crippen LogP) is 10.1. The van der Waals surface area contributed by atoms with Gasteiger partial charge < -0.3 is 4.57 Å². The van der Waals surface area contributed by atoms with E-state index in [1.54, 1.807) is 0 Å². The second-order valence-corrected chi connectivity index (χ2v) is 12.3. The van der Waals surface area contributed by atoms with E-state index in [-0.39, 0.29) is 10.7 Å². The molecule has 5 aromatic carbocycles. The highest BCUT2D eigenvalue weighted by atomic mass is 35.5. The number of rotatable bonds is 1. The topological polar surface area (TPSA) is 43.6 Å². The Morgan fingerprint density at radius 1 is 0.548 bits per heavy atom. The molecule has 0 aliphatic heterocycles. The normalized spacial score (nSPS) is 12.3. The van der Waals surface area contributed by atoms with Crippen LogP contribution in [0, 0.1) is 0 Å². The van der Waals surface area contributed by atoms with Crippen LogP contribution in [0.25, 0.3) is 71.1 Å². The Hall–Kier alpha value is -4.80. The summed E-state index contributed by atoms with van der Waals surface area (Å²) in [6.45, 7) is 6.81. The van der Waals surface area contributed by atoms with Gasteiger partial charge in [-0.2, -0.15) is 9.97 Å². The lowest BCUT2D eigenvalue weighted by molar-refractivity contribution is 0.591. The predicted molar refractivity (Wildman–Crippen MR) is 177 cm³/mol. The van der Waals surface area contributed by atoms with Gasteiger partial charge in [0.05, 0.1) is 11.0 Å². The monoisotopic (exact) mass is 562 g/mol. The van der Waals surface area contributed by atoms with Gasteiger partial charge in [-0.25, -0.2) is 4.98 Å². The average Bonchev–Trinajstić information content (AvgIpc) is 3.34. The van der Waals surface area contributed by atoms with Gasteiger partial charge in [0, 0.05) is 32.6 Å². The second-order valence-electron chi connectivity index (χ2n) is 11.9. The van der Waals surface area contributed by atoms with Gasteiger partial charge in [-0.15, -0.1) is 0 Å². The molecule has 4 bridgehead atoms. The third-order valence-electron chi connectivity index (χ3n) is 8.29. The van der Waals surface area contributed by atoms with Crippen molar-refractivity contribution in [1.29, 1.82) is 0 Å². The van der Waals surface area contributed by atoms with Crippen LogP contribution in [-0.4, -0.2) is 19.5 Å². The van der Waals surface area contributed by atoms with Gasteiger partial charge in [0.25, 0.3) is 0 Å². The molecule has 0 atom stereocenters. The summed E-state index contributed by atoms with van der Waals surface area (Å²) >= 11 is 6.53. The van der Waals surface area contributed by atoms with Crippen LogP contribution in [0.3, 0.4) is 0 Å². The Bertz CT molecular complexity index is 2400. The van der Waals surface area contributed by atoms with Crippen LogP contribution in [0.5, 0.6) is 0 Å². The average molecular weight is 563 g/mol. The van der Waals surface area contributed by atoms with Gasteiger partial charge in [0.15, 0.2) is 11.3 Å². The van der Waals surface area contributed by atoms with Crippen molar-refractivity contribution >= 4 is 77.0 Å². The van der Waals surface area contributed by atoms with Gasteiger partial charge in [-0.3, -0.25) is 0 Å². The van der Waals surface area contributed by atoms with Crippen molar-refractivity contribution < 1.29 is 0 Å². The molecule has 8 rings (SSSR count). The minimum Gasteiger partial charge on any atom is -0.309 e. The molecule has 0 spiro atoms. The van der Waals surface area contributed by atoms with E-state index >= 15 is 0 Å².